The predicted molar refractivity (Wildman–Crippen MR) is 50.0 cm³/mol. The first-order valence-electron chi connectivity index (χ1n) is 3.75. The molecule has 0 aromatic heterocycles. The van der Waals surface area contributed by atoms with Gasteiger partial charge in [0.25, 0.3) is 5.91 Å². The second-order valence-electron chi connectivity index (χ2n) is 2.88. The molecule has 66 valence electrons. The first-order valence-corrected chi connectivity index (χ1v) is 5.72. The molecular weight excluding hydrogens is 194 g/mol. The fourth-order valence-electron chi connectivity index (χ4n) is 1.44. The van der Waals surface area contributed by atoms with E-state index in [9.17, 15) is 9.59 Å². The average Bonchev–Trinajstić information content (AvgIpc) is 2.57. The Morgan fingerprint density at radius 1 is 1.33 bits per heavy atom. The molecule has 2 amide bonds. The molecule has 0 aliphatic carbocycles. The Labute approximate surface area is 79.2 Å². The van der Waals surface area contributed by atoms with E-state index >= 15 is 0 Å². The summed E-state index contributed by atoms with van der Waals surface area (Å²) in [5.74, 6) is 1.91. The van der Waals surface area contributed by atoms with Crippen LogP contribution in [-0.4, -0.2) is 39.3 Å². The summed E-state index contributed by atoms with van der Waals surface area (Å²) < 4.78 is -0.439. The molecular formula is C7H9NO2S2. The van der Waals surface area contributed by atoms with Crippen molar-refractivity contribution in [2.45, 2.75) is 10.5 Å². The van der Waals surface area contributed by atoms with E-state index in [-0.39, 0.29) is 11.8 Å². The van der Waals surface area contributed by atoms with E-state index in [1.54, 1.807) is 30.6 Å². The summed E-state index contributed by atoms with van der Waals surface area (Å²) in [6, 6.07) is 0. The molecule has 3 nitrogen and oxygen atoms in total. The van der Waals surface area contributed by atoms with Gasteiger partial charge in [0.1, 0.15) is 4.08 Å². The van der Waals surface area contributed by atoms with Crippen LogP contribution in [0.5, 0.6) is 0 Å². The van der Waals surface area contributed by atoms with Gasteiger partial charge in [0.2, 0.25) is 5.91 Å². The Bertz CT molecular complexity index is 248. The van der Waals surface area contributed by atoms with Crippen molar-refractivity contribution in [3.63, 3.8) is 0 Å². The van der Waals surface area contributed by atoms with Crippen molar-refractivity contribution < 1.29 is 9.59 Å². The number of thioether (sulfide) groups is 2. The van der Waals surface area contributed by atoms with Gasteiger partial charge in [0, 0.05) is 18.6 Å². The fourth-order valence-corrected chi connectivity index (χ4v) is 4.57. The third-order valence-corrected chi connectivity index (χ3v) is 5.49. The van der Waals surface area contributed by atoms with Crippen molar-refractivity contribution in [1.82, 2.24) is 4.90 Å². The number of imide groups is 1. The normalized spacial score (nSPS) is 27.6. The van der Waals surface area contributed by atoms with Gasteiger partial charge in [-0.25, -0.2) is 0 Å². The van der Waals surface area contributed by atoms with E-state index in [0.717, 1.165) is 11.5 Å². The zero-order valence-corrected chi connectivity index (χ0v) is 8.33. The third-order valence-electron chi connectivity index (χ3n) is 2.14. The second kappa shape index (κ2) is 2.67. The smallest absolute Gasteiger partial charge is 0.255 e. The lowest BCUT2D eigenvalue weighted by Crippen LogP contribution is -2.31. The summed E-state index contributed by atoms with van der Waals surface area (Å²) >= 11 is 3.24. The Kier molecular flexibility index (Phi) is 1.88. The van der Waals surface area contributed by atoms with Gasteiger partial charge in [-0.1, -0.05) is 0 Å². The van der Waals surface area contributed by atoms with Crippen LogP contribution >= 0.6 is 23.5 Å². The maximum absolute atomic E-state index is 11.6. The standard InChI is InChI=1S/C7H9NO2S2/c1-8-5(9)4-7(6(8)10)11-2-3-12-7/h2-4H2,1H3. The summed E-state index contributed by atoms with van der Waals surface area (Å²) in [6.45, 7) is 0. The molecule has 0 bridgehead atoms. The van der Waals surface area contributed by atoms with E-state index in [1.165, 1.54) is 4.90 Å². The zero-order valence-electron chi connectivity index (χ0n) is 6.70. The average molecular weight is 203 g/mol. The van der Waals surface area contributed by atoms with E-state index in [1.807, 2.05) is 0 Å². The predicted octanol–water partition coefficient (Wildman–Crippen LogP) is 0.551. The molecule has 2 aliphatic rings. The number of hydrogen-bond donors (Lipinski definition) is 0. The molecule has 2 heterocycles. The van der Waals surface area contributed by atoms with Gasteiger partial charge in [-0.05, 0) is 0 Å². The minimum Gasteiger partial charge on any atom is -0.284 e. The Hall–Kier alpha value is -0.160. The number of carbonyl (C=O) groups is 2. The first-order chi connectivity index (χ1) is 5.66. The van der Waals surface area contributed by atoms with Gasteiger partial charge in [0.15, 0.2) is 0 Å². The molecule has 0 N–H and O–H groups in total. The molecule has 0 aromatic carbocycles. The lowest BCUT2D eigenvalue weighted by Gasteiger charge is -2.16. The van der Waals surface area contributed by atoms with Crippen LogP contribution in [0.3, 0.4) is 0 Å². The van der Waals surface area contributed by atoms with Crippen LogP contribution in [0.25, 0.3) is 0 Å². The van der Waals surface area contributed by atoms with Crippen LogP contribution < -0.4 is 0 Å². The number of hydrogen-bond acceptors (Lipinski definition) is 4. The van der Waals surface area contributed by atoms with Crippen LogP contribution in [0, 0.1) is 0 Å². The first kappa shape index (κ1) is 8.44. The van der Waals surface area contributed by atoms with Crippen molar-refractivity contribution in [3.8, 4) is 0 Å². The van der Waals surface area contributed by atoms with Crippen LogP contribution in [-0.2, 0) is 9.59 Å². The molecule has 12 heavy (non-hydrogen) atoms. The maximum atomic E-state index is 11.6. The summed E-state index contributed by atoms with van der Waals surface area (Å²) in [5, 5.41) is 0. The van der Waals surface area contributed by atoms with Gasteiger partial charge in [0.05, 0.1) is 6.42 Å². The SMILES string of the molecule is CN1C(=O)CC2(SCCS2)C1=O. The molecule has 2 rings (SSSR count). The molecule has 5 heteroatoms. The van der Waals surface area contributed by atoms with E-state index in [2.05, 4.69) is 0 Å². The van der Waals surface area contributed by atoms with Crippen molar-refractivity contribution in [2.24, 2.45) is 0 Å². The number of nitrogens with zero attached hydrogens (tertiary/aromatic N) is 1. The largest absolute Gasteiger partial charge is 0.284 e. The van der Waals surface area contributed by atoms with E-state index in [4.69, 9.17) is 0 Å². The van der Waals surface area contributed by atoms with Crippen LogP contribution in [0.4, 0.5) is 0 Å². The Balaban J connectivity index is 2.29. The van der Waals surface area contributed by atoms with Crippen molar-refractivity contribution >= 4 is 35.3 Å². The maximum Gasteiger partial charge on any atom is 0.255 e. The highest BCUT2D eigenvalue weighted by molar-refractivity contribution is 8.22. The molecule has 0 unspecified atom stereocenters. The zero-order chi connectivity index (χ0) is 8.77. The summed E-state index contributed by atoms with van der Waals surface area (Å²) in [4.78, 5) is 24.1. The number of rotatable bonds is 0. The molecule has 0 saturated carbocycles. The van der Waals surface area contributed by atoms with Gasteiger partial charge in [-0.15, -0.1) is 23.5 Å². The highest BCUT2D eigenvalue weighted by atomic mass is 32.2. The van der Waals surface area contributed by atoms with Crippen molar-refractivity contribution in [3.05, 3.63) is 0 Å². The van der Waals surface area contributed by atoms with Crippen molar-refractivity contribution in [2.75, 3.05) is 18.6 Å². The van der Waals surface area contributed by atoms with Crippen molar-refractivity contribution in [1.29, 1.82) is 0 Å². The van der Waals surface area contributed by atoms with Gasteiger partial charge in [-0.2, -0.15) is 0 Å². The third kappa shape index (κ3) is 0.992. The van der Waals surface area contributed by atoms with Crippen LogP contribution in [0.15, 0.2) is 0 Å². The Morgan fingerprint density at radius 2 is 1.92 bits per heavy atom. The van der Waals surface area contributed by atoms with Crippen LogP contribution in [0.2, 0.25) is 0 Å². The number of likely N-dealkylation sites (tertiary alicyclic amines) is 1. The molecule has 0 radical (unpaired) electrons. The Morgan fingerprint density at radius 3 is 2.33 bits per heavy atom. The van der Waals surface area contributed by atoms with E-state index in [0.29, 0.717) is 6.42 Å². The molecule has 0 aromatic rings. The topological polar surface area (TPSA) is 37.4 Å². The molecule has 1 spiro atoms. The van der Waals surface area contributed by atoms with Gasteiger partial charge in [-0.3, -0.25) is 14.5 Å². The lowest BCUT2D eigenvalue weighted by atomic mass is 10.3. The number of carbonyl (C=O) groups excluding carboxylic acids is 2. The van der Waals surface area contributed by atoms with Gasteiger partial charge < -0.3 is 0 Å². The molecule has 0 atom stereocenters. The minimum absolute atomic E-state index is 0.0139. The summed E-state index contributed by atoms with van der Waals surface area (Å²) in [6.07, 6.45) is 0.387. The second-order valence-corrected chi connectivity index (χ2v) is 5.93. The van der Waals surface area contributed by atoms with Gasteiger partial charge >= 0.3 is 0 Å². The molecule has 2 fully saturated rings. The summed E-state index contributed by atoms with van der Waals surface area (Å²) in [5.41, 5.74) is 0. The monoisotopic (exact) mass is 203 g/mol. The highest BCUT2D eigenvalue weighted by Crippen LogP contribution is 2.50. The fraction of sp³-hybridized carbons (Fsp3) is 0.714. The quantitative estimate of drug-likeness (QED) is 0.539. The highest BCUT2D eigenvalue weighted by Gasteiger charge is 2.53. The molecule has 2 aliphatic heterocycles. The van der Waals surface area contributed by atoms with E-state index < -0.39 is 4.08 Å². The number of amides is 2. The minimum atomic E-state index is -0.439. The van der Waals surface area contributed by atoms with Crippen LogP contribution in [0.1, 0.15) is 6.42 Å². The summed E-state index contributed by atoms with van der Waals surface area (Å²) in [7, 11) is 1.57. The molecule has 2 saturated heterocycles. The lowest BCUT2D eigenvalue weighted by molar-refractivity contribution is -0.136.